The number of benzene rings is 1. The van der Waals surface area contributed by atoms with E-state index in [0.29, 0.717) is 6.54 Å². The molecule has 0 aromatic heterocycles. The predicted octanol–water partition coefficient (Wildman–Crippen LogP) is 3.38. The van der Waals surface area contributed by atoms with E-state index < -0.39 is 0 Å². The highest BCUT2D eigenvalue weighted by atomic mass is 79.9. The van der Waals surface area contributed by atoms with Gasteiger partial charge < -0.3 is 15.3 Å². The highest BCUT2D eigenvalue weighted by molar-refractivity contribution is 9.10. The highest BCUT2D eigenvalue weighted by Crippen LogP contribution is 2.23. The van der Waals surface area contributed by atoms with Gasteiger partial charge in [0.2, 0.25) is 0 Å². The SMILES string of the molecule is Cc1ccc(Br)cc1NC(=O)N1CCCC(C(C)O)C1. The Kier molecular flexibility index (Phi) is 5.05. The second-order valence-corrected chi connectivity index (χ2v) is 6.39. The molecular weight excluding hydrogens is 320 g/mol. The number of aryl methyl sites for hydroxylation is 1. The quantitative estimate of drug-likeness (QED) is 0.866. The van der Waals surface area contributed by atoms with Crippen molar-refractivity contribution in [3.05, 3.63) is 28.2 Å². The molecule has 110 valence electrons. The number of urea groups is 1. The number of halogens is 1. The second kappa shape index (κ2) is 6.59. The monoisotopic (exact) mass is 340 g/mol. The van der Waals surface area contributed by atoms with E-state index in [-0.39, 0.29) is 18.1 Å². The summed E-state index contributed by atoms with van der Waals surface area (Å²) in [6.07, 6.45) is 1.57. The van der Waals surface area contributed by atoms with E-state index in [2.05, 4.69) is 21.2 Å². The number of carbonyl (C=O) groups excluding carboxylic acids is 1. The second-order valence-electron chi connectivity index (χ2n) is 5.48. The van der Waals surface area contributed by atoms with Crippen LogP contribution in [0.2, 0.25) is 0 Å². The molecule has 0 saturated carbocycles. The number of rotatable bonds is 2. The van der Waals surface area contributed by atoms with E-state index >= 15 is 0 Å². The molecule has 2 atom stereocenters. The van der Waals surface area contributed by atoms with Crippen molar-refractivity contribution in [1.82, 2.24) is 4.90 Å². The van der Waals surface area contributed by atoms with Crippen LogP contribution in [0.4, 0.5) is 10.5 Å². The van der Waals surface area contributed by atoms with E-state index in [1.807, 2.05) is 25.1 Å². The van der Waals surface area contributed by atoms with E-state index in [9.17, 15) is 9.90 Å². The Bertz CT molecular complexity index is 491. The summed E-state index contributed by atoms with van der Waals surface area (Å²) >= 11 is 3.41. The summed E-state index contributed by atoms with van der Waals surface area (Å²) in [5, 5.41) is 12.6. The average Bonchev–Trinajstić information content (AvgIpc) is 2.43. The molecule has 0 spiro atoms. The summed E-state index contributed by atoms with van der Waals surface area (Å²) in [5.41, 5.74) is 1.86. The number of amides is 2. The Morgan fingerprint density at radius 1 is 1.55 bits per heavy atom. The molecule has 2 unspecified atom stereocenters. The van der Waals surface area contributed by atoms with Crippen LogP contribution in [0, 0.1) is 12.8 Å². The van der Waals surface area contributed by atoms with E-state index in [0.717, 1.165) is 35.1 Å². The Morgan fingerprint density at radius 3 is 3.00 bits per heavy atom. The van der Waals surface area contributed by atoms with Gasteiger partial charge in [-0.2, -0.15) is 0 Å². The standard InChI is InChI=1S/C15H21BrN2O2/c1-10-5-6-13(16)8-14(10)17-15(20)18-7-3-4-12(9-18)11(2)19/h5-6,8,11-12,19H,3-4,7,9H2,1-2H3,(H,17,20). The first-order chi connectivity index (χ1) is 9.47. The van der Waals surface area contributed by atoms with E-state index in [4.69, 9.17) is 0 Å². The smallest absolute Gasteiger partial charge is 0.321 e. The van der Waals surface area contributed by atoms with Crippen LogP contribution in [-0.2, 0) is 0 Å². The fourth-order valence-electron chi connectivity index (χ4n) is 2.51. The summed E-state index contributed by atoms with van der Waals surface area (Å²) in [6.45, 7) is 5.14. The van der Waals surface area contributed by atoms with Crippen molar-refractivity contribution in [3.8, 4) is 0 Å². The minimum absolute atomic E-state index is 0.0865. The molecule has 1 aliphatic heterocycles. The van der Waals surface area contributed by atoms with E-state index in [1.54, 1.807) is 11.8 Å². The van der Waals surface area contributed by atoms with Gasteiger partial charge in [-0.25, -0.2) is 4.79 Å². The minimum atomic E-state index is -0.363. The van der Waals surface area contributed by atoms with Gasteiger partial charge in [0, 0.05) is 29.2 Å². The normalized spacial score (nSPS) is 20.6. The molecule has 1 fully saturated rings. The lowest BCUT2D eigenvalue weighted by molar-refractivity contribution is 0.0766. The third-order valence-electron chi connectivity index (χ3n) is 3.87. The van der Waals surface area contributed by atoms with Crippen molar-refractivity contribution in [1.29, 1.82) is 0 Å². The number of nitrogens with zero attached hydrogens (tertiary/aromatic N) is 1. The van der Waals surface area contributed by atoms with Crippen LogP contribution in [-0.4, -0.2) is 35.2 Å². The van der Waals surface area contributed by atoms with Crippen LogP contribution >= 0.6 is 15.9 Å². The van der Waals surface area contributed by atoms with Gasteiger partial charge in [-0.1, -0.05) is 22.0 Å². The number of piperidine rings is 1. The number of likely N-dealkylation sites (tertiary alicyclic amines) is 1. The molecule has 1 aliphatic rings. The van der Waals surface area contributed by atoms with Crippen molar-refractivity contribution in [2.24, 2.45) is 5.92 Å². The number of aliphatic hydroxyl groups excluding tert-OH is 1. The van der Waals surface area contributed by atoms with Gasteiger partial charge >= 0.3 is 6.03 Å². The molecule has 5 heteroatoms. The van der Waals surface area contributed by atoms with Crippen molar-refractivity contribution in [3.63, 3.8) is 0 Å². The number of carbonyl (C=O) groups is 1. The minimum Gasteiger partial charge on any atom is -0.393 e. The Balaban J connectivity index is 2.02. The van der Waals surface area contributed by atoms with Gasteiger partial charge in [0.1, 0.15) is 0 Å². The lowest BCUT2D eigenvalue weighted by Gasteiger charge is -2.34. The maximum Gasteiger partial charge on any atom is 0.321 e. The summed E-state index contributed by atoms with van der Waals surface area (Å²) in [6, 6.07) is 5.74. The predicted molar refractivity (Wildman–Crippen MR) is 83.9 cm³/mol. The fourth-order valence-corrected chi connectivity index (χ4v) is 2.87. The van der Waals surface area contributed by atoms with Gasteiger partial charge in [0.05, 0.1) is 6.10 Å². The number of aliphatic hydroxyl groups is 1. The first-order valence-corrected chi connectivity index (χ1v) is 7.77. The lowest BCUT2D eigenvalue weighted by Crippen LogP contribution is -2.44. The molecule has 1 aromatic rings. The van der Waals surface area contributed by atoms with Gasteiger partial charge in [-0.05, 0) is 44.4 Å². The number of nitrogens with one attached hydrogen (secondary N) is 1. The summed E-state index contributed by atoms with van der Waals surface area (Å²) in [4.78, 5) is 14.1. The molecule has 1 heterocycles. The van der Waals surface area contributed by atoms with Crippen LogP contribution in [0.15, 0.2) is 22.7 Å². The number of hydrogen-bond donors (Lipinski definition) is 2. The molecule has 2 N–H and O–H groups in total. The van der Waals surface area contributed by atoms with Crippen molar-refractivity contribution >= 4 is 27.6 Å². The fraction of sp³-hybridized carbons (Fsp3) is 0.533. The largest absolute Gasteiger partial charge is 0.393 e. The van der Waals surface area contributed by atoms with Crippen LogP contribution in [0.1, 0.15) is 25.3 Å². The zero-order valence-corrected chi connectivity index (χ0v) is 13.5. The number of hydrogen-bond acceptors (Lipinski definition) is 2. The van der Waals surface area contributed by atoms with Crippen molar-refractivity contribution in [2.45, 2.75) is 32.8 Å². The topological polar surface area (TPSA) is 52.6 Å². The van der Waals surface area contributed by atoms with E-state index in [1.165, 1.54) is 0 Å². The summed E-state index contributed by atoms with van der Waals surface area (Å²) in [5.74, 6) is 0.179. The molecule has 20 heavy (non-hydrogen) atoms. The highest BCUT2D eigenvalue weighted by Gasteiger charge is 2.26. The van der Waals surface area contributed by atoms with Gasteiger partial charge in [0.15, 0.2) is 0 Å². The Morgan fingerprint density at radius 2 is 2.30 bits per heavy atom. The van der Waals surface area contributed by atoms with Crippen LogP contribution in [0.5, 0.6) is 0 Å². The molecule has 0 bridgehead atoms. The van der Waals surface area contributed by atoms with Crippen LogP contribution in [0.3, 0.4) is 0 Å². The Hall–Kier alpha value is -1.07. The zero-order valence-electron chi connectivity index (χ0n) is 11.9. The maximum atomic E-state index is 12.3. The molecule has 0 radical (unpaired) electrons. The molecule has 1 saturated heterocycles. The molecule has 2 amide bonds. The summed E-state index contributed by atoms with van der Waals surface area (Å²) in [7, 11) is 0. The number of anilines is 1. The average molecular weight is 341 g/mol. The third kappa shape index (κ3) is 3.73. The van der Waals surface area contributed by atoms with Crippen LogP contribution < -0.4 is 5.32 Å². The molecule has 0 aliphatic carbocycles. The van der Waals surface area contributed by atoms with Gasteiger partial charge in [-0.3, -0.25) is 0 Å². The molecule has 1 aromatic carbocycles. The molecule has 4 nitrogen and oxygen atoms in total. The van der Waals surface area contributed by atoms with Crippen molar-refractivity contribution < 1.29 is 9.90 Å². The molecular formula is C15H21BrN2O2. The Labute approximate surface area is 128 Å². The van der Waals surface area contributed by atoms with Crippen LogP contribution in [0.25, 0.3) is 0 Å². The first kappa shape index (κ1) is 15.3. The lowest BCUT2D eigenvalue weighted by atomic mass is 9.94. The zero-order chi connectivity index (χ0) is 14.7. The molecule has 2 rings (SSSR count). The van der Waals surface area contributed by atoms with Gasteiger partial charge in [-0.15, -0.1) is 0 Å². The summed E-state index contributed by atoms with van der Waals surface area (Å²) < 4.78 is 0.943. The maximum absolute atomic E-state index is 12.3. The third-order valence-corrected chi connectivity index (χ3v) is 4.36. The first-order valence-electron chi connectivity index (χ1n) is 6.97. The van der Waals surface area contributed by atoms with Gasteiger partial charge in [0.25, 0.3) is 0 Å². The van der Waals surface area contributed by atoms with Crippen molar-refractivity contribution in [2.75, 3.05) is 18.4 Å².